The van der Waals surface area contributed by atoms with Crippen LogP contribution in [0.3, 0.4) is 0 Å². The van der Waals surface area contributed by atoms with Gasteiger partial charge in [0.05, 0.1) is 5.39 Å². The van der Waals surface area contributed by atoms with Crippen LogP contribution in [-0.4, -0.2) is 9.79 Å². The lowest BCUT2D eigenvalue weighted by Gasteiger charge is -2.08. The second-order valence-electron chi connectivity index (χ2n) is 3.88. The van der Waals surface area contributed by atoms with Gasteiger partial charge in [0.15, 0.2) is 0 Å². The molecule has 0 unspecified atom stereocenters. The van der Waals surface area contributed by atoms with Gasteiger partial charge in [-0.3, -0.25) is 9.36 Å². The summed E-state index contributed by atoms with van der Waals surface area (Å²) in [7, 11) is -4.62. The lowest BCUT2D eigenvalue weighted by molar-refractivity contribution is 0.385. The van der Waals surface area contributed by atoms with Crippen molar-refractivity contribution in [1.82, 2.24) is 0 Å². The van der Waals surface area contributed by atoms with Gasteiger partial charge >= 0.3 is 7.60 Å². The van der Waals surface area contributed by atoms with E-state index in [2.05, 4.69) is 0 Å². The van der Waals surface area contributed by atoms with Gasteiger partial charge in [0.1, 0.15) is 16.6 Å². The fraction of sp³-hybridized carbons (Fsp3) is 0.182. The SMILES string of the molecule is Cc1ccc2oc(C)c(P(=O)(O)O)c(=O)c2c1. The minimum absolute atomic E-state index is 0.0420. The monoisotopic (exact) mass is 254 g/mol. The molecule has 0 spiro atoms. The predicted molar refractivity (Wildman–Crippen MR) is 63.6 cm³/mol. The van der Waals surface area contributed by atoms with Gasteiger partial charge < -0.3 is 14.2 Å². The Bertz CT molecular complexity index is 695. The van der Waals surface area contributed by atoms with Crippen LogP contribution in [0, 0.1) is 13.8 Å². The second kappa shape index (κ2) is 3.81. The first-order valence-corrected chi connectivity index (χ1v) is 6.52. The molecule has 0 saturated heterocycles. The zero-order valence-corrected chi connectivity index (χ0v) is 10.2. The van der Waals surface area contributed by atoms with E-state index in [4.69, 9.17) is 14.2 Å². The predicted octanol–water partition coefficient (Wildman–Crippen LogP) is 1.21. The Balaban J connectivity index is 2.98. The molecule has 0 aliphatic rings. The number of hydrogen-bond acceptors (Lipinski definition) is 3. The molecular formula is C11H11O5P. The quantitative estimate of drug-likeness (QED) is 0.747. The topological polar surface area (TPSA) is 87.7 Å². The molecule has 2 aromatic rings. The van der Waals surface area contributed by atoms with Crippen LogP contribution in [0.4, 0.5) is 0 Å². The molecule has 1 aromatic carbocycles. The summed E-state index contributed by atoms with van der Waals surface area (Å²) in [6.07, 6.45) is 0. The average molecular weight is 254 g/mol. The molecule has 0 aliphatic heterocycles. The molecule has 6 heteroatoms. The molecule has 5 nitrogen and oxygen atoms in total. The largest absolute Gasteiger partial charge is 0.460 e. The zero-order chi connectivity index (χ0) is 12.8. The minimum Gasteiger partial charge on any atom is -0.460 e. The molecule has 17 heavy (non-hydrogen) atoms. The fourth-order valence-corrected chi connectivity index (χ4v) is 2.59. The van der Waals surface area contributed by atoms with E-state index in [0.717, 1.165) is 5.56 Å². The Hall–Kier alpha value is -1.42. The van der Waals surface area contributed by atoms with Crippen LogP contribution in [0.2, 0.25) is 0 Å². The molecule has 0 amide bonds. The summed E-state index contributed by atoms with van der Waals surface area (Å²) >= 11 is 0. The number of rotatable bonds is 1. The molecule has 0 bridgehead atoms. The van der Waals surface area contributed by atoms with Crippen molar-refractivity contribution in [3.05, 3.63) is 39.7 Å². The smallest absolute Gasteiger partial charge is 0.363 e. The van der Waals surface area contributed by atoms with E-state index in [-0.39, 0.29) is 11.1 Å². The molecule has 0 radical (unpaired) electrons. The third kappa shape index (κ3) is 2.05. The van der Waals surface area contributed by atoms with Crippen molar-refractivity contribution in [2.45, 2.75) is 13.8 Å². The van der Waals surface area contributed by atoms with Crippen molar-refractivity contribution in [3.63, 3.8) is 0 Å². The van der Waals surface area contributed by atoms with Crippen LogP contribution in [-0.2, 0) is 4.57 Å². The highest BCUT2D eigenvalue weighted by Crippen LogP contribution is 2.33. The van der Waals surface area contributed by atoms with Crippen molar-refractivity contribution >= 4 is 23.9 Å². The van der Waals surface area contributed by atoms with Gasteiger partial charge in [-0.2, -0.15) is 0 Å². The Morgan fingerprint density at radius 3 is 2.47 bits per heavy atom. The van der Waals surface area contributed by atoms with Gasteiger partial charge in [-0.05, 0) is 26.0 Å². The number of aryl methyl sites for hydroxylation is 2. The Morgan fingerprint density at radius 2 is 1.88 bits per heavy atom. The highest BCUT2D eigenvalue weighted by Gasteiger charge is 2.27. The molecule has 2 N–H and O–H groups in total. The van der Waals surface area contributed by atoms with E-state index in [9.17, 15) is 9.36 Å². The molecule has 0 fully saturated rings. The fourth-order valence-electron chi connectivity index (χ4n) is 1.75. The minimum atomic E-state index is -4.62. The van der Waals surface area contributed by atoms with Crippen molar-refractivity contribution < 1.29 is 18.8 Å². The Morgan fingerprint density at radius 1 is 1.24 bits per heavy atom. The third-order valence-electron chi connectivity index (χ3n) is 2.48. The van der Waals surface area contributed by atoms with Gasteiger partial charge in [0.2, 0.25) is 5.43 Å². The number of benzene rings is 1. The molecule has 0 saturated carbocycles. The summed E-state index contributed by atoms with van der Waals surface area (Å²) in [5, 5.41) is -0.371. The van der Waals surface area contributed by atoms with Crippen molar-refractivity contribution in [2.75, 3.05) is 0 Å². The lowest BCUT2D eigenvalue weighted by Crippen LogP contribution is -2.27. The van der Waals surface area contributed by atoms with Crippen LogP contribution in [0.1, 0.15) is 11.3 Å². The lowest BCUT2D eigenvalue weighted by atomic mass is 10.1. The van der Waals surface area contributed by atoms with E-state index in [1.165, 1.54) is 6.92 Å². The van der Waals surface area contributed by atoms with Crippen molar-refractivity contribution in [1.29, 1.82) is 0 Å². The molecular weight excluding hydrogens is 243 g/mol. The van der Waals surface area contributed by atoms with E-state index in [1.54, 1.807) is 25.1 Å². The maximum atomic E-state index is 12.0. The van der Waals surface area contributed by atoms with Crippen LogP contribution in [0.15, 0.2) is 27.4 Å². The Labute approximate surface area is 96.9 Å². The van der Waals surface area contributed by atoms with E-state index in [1.807, 2.05) is 0 Å². The Kier molecular flexibility index (Phi) is 2.70. The maximum Gasteiger partial charge on any atom is 0.363 e. The molecule has 1 aromatic heterocycles. The molecule has 2 rings (SSSR count). The number of hydrogen-bond donors (Lipinski definition) is 2. The van der Waals surface area contributed by atoms with E-state index >= 15 is 0 Å². The summed E-state index contributed by atoms with van der Waals surface area (Å²) < 4.78 is 16.5. The van der Waals surface area contributed by atoms with Crippen molar-refractivity contribution in [3.8, 4) is 0 Å². The van der Waals surface area contributed by atoms with Crippen LogP contribution < -0.4 is 10.7 Å². The first kappa shape index (κ1) is 12.0. The summed E-state index contributed by atoms with van der Waals surface area (Å²) in [4.78, 5) is 30.3. The van der Waals surface area contributed by atoms with E-state index in [0.29, 0.717) is 5.58 Å². The second-order valence-corrected chi connectivity index (χ2v) is 5.41. The zero-order valence-electron chi connectivity index (χ0n) is 9.30. The summed E-state index contributed by atoms with van der Waals surface area (Å²) in [6.45, 7) is 3.16. The standard InChI is InChI=1S/C11H11O5P/c1-6-3-4-9-8(5-6)10(12)11(7(2)16-9)17(13,14)15/h3-5H,1-2H3,(H2,13,14,15). The van der Waals surface area contributed by atoms with Gasteiger partial charge in [0.25, 0.3) is 0 Å². The average Bonchev–Trinajstić information content (AvgIpc) is 2.17. The van der Waals surface area contributed by atoms with Crippen LogP contribution >= 0.6 is 7.60 Å². The summed E-state index contributed by atoms with van der Waals surface area (Å²) in [5.74, 6) is -0.0420. The van der Waals surface area contributed by atoms with Crippen LogP contribution in [0.25, 0.3) is 11.0 Å². The van der Waals surface area contributed by atoms with Gasteiger partial charge in [-0.1, -0.05) is 11.6 Å². The summed E-state index contributed by atoms with van der Waals surface area (Å²) in [5.41, 5.74) is 0.487. The highest BCUT2D eigenvalue weighted by molar-refractivity contribution is 7.60. The first-order chi connectivity index (χ1) is 7.80. The first-order valence-electron chi connectivity index (χ1n) is 4.91. The molecule has 1 heterocycles. The molecule has 0 atom stereocenters. The maximum absolute atomic E-state index is 12.0. The molecule has 0 aliphatic carbocycles. The van der Waals surface area contributed by atoms with Gasteiger partial charge in [-0.25, -0.2) is 0 Å². The van der Waals surface area contributed by atoms with E-state index < -0.39 is 18.3 Å². The number of fused-ring (bicyclic) bond motifs is 1. The van der Waals surface area contributed by atoms with Gasteiger partial charge in [-0.15, -0.1) is 0 Å². The van der Waals surface area contributed by atoms with Gasteiger partial charge in [0, 0.05) is 0 Å². The molecule has 90 valence electrons. The third-order valence-corrected chi connectivity index (χ3v) is 3.58. The van der Waals surface area contributed by atoms with Crippen LogP contribution in [0.5, 0.6) is 0 Å². The van der Waals surface area contributed by atoms with Crippen molar-refractivity contribution in [2.24, 2.45) is 0 Å². The highest BCUT2D eigenvalue weighted by atomic mass is 31.2. The summed E-state index contributed by atoms with van der Waals surface area (Å²) in [6, 6.07) is 4.93. The normalized spacial score (nSPS) is 12.0.